The van der Waals surface area contributed by atoms with E-state index >= 15 is 0 Å². The largest absolute Gasteiger partial charge is 0.394 e. The van der Waals surface area contributed by atoms with Crippen LogP contribution in [0.4, 0.5) is 0 Å². The third kappa shape index (κ3) is 10.9. The Kier molecular flexibility index (Phi) is 15.8. The fourth-order valence-corrected chi connectivity index (χ4v) is 4.01. The molecule has 22 heavy (non-hydrogen) atoms. The van der Waals surface area contributed by atoms with E-state index in [4.69, 9.17) is 19.7 Å². The Morgan fingerprint density at radius 3 is 1.32 bits per heavy atom. The molecule has 4 N–H and O–H groups in total. The first kappa shape index (κ1) is 24.2. The van der Waals surface area contributed by atoms with Gasteiger partial charge in [0, 0.05) is 14.3 Å². The summed E-state index contributed by atoms with van der Waals surface area (Å²) in [5.74, 6) is 0. The van der Waals surface area contributed by atoms with Crippen molar-refractivity contribution in [2.24, 2.45) is 0 Å². The van der Waals surface area contributed by atoms with Crippen LogP contribution in [0.15, 0.2) is 14.3 Å². The van der Waals surface area contributed by atoms with E-state index < -0.39 is 12.2 Å². The van der Waals surface area contributed by atoms with Gasteiger partial charge in [-0.15, -0.1) is 0 Å². The number of ether oxygens (including phenoxy) is 2. The van der Waals surface area contributed by atoms with E-state index in [1.54, 1.807) is 0 Å². The van der Waals surface area contributed by atoms with Crippen molar-refractivity contribution in [1.82, 2.24) is 0 Å². The molecular formula is C12H18I4O6. The third-order valence-electron chi connectivity index (χ3n) is 2.17. The van der Waals surface area contributed by atoms with Gasteiger partial charge >= 0.3 is 0 Å². The predicted octanol–water partition coefficient (Wildman–Crippen LogP) is 1.89. The summed E-state index contributed by atoms with van der Waals surface area (Å²) in [6.07, 6.45) is -1.72. The average Bonchev–Trinajstić information content (AvgIpc) is 2.52. The molecule has 0 bridgehead atoms. The number of aliphatic hydroxyl groups excluding tert-OH is 4. The minimum atomic E-state index is -0.858. The SMILES string of the molecule is OCC(O)COCC(I)=C(I)C(I)=C(I)COCC(O)CO. The Morgan fingerprint density at radius 1 is 0.727 bits per heavy atom. The zero-order valence-electron chi connectivity index (χ0n) is 11.5. The normalized spacial score (nSPS) is 16.9. The average molecular weight is 766 g/mol. The van der Waals surface area contributed by atoms with Crippen molar-refractivity contribution in [2.45, 2.75) is 12.2 Å². The molecule has 0 aliphatic rings. The zero-order valence-corrected chi connectivity index (χ0v) is 20.1. The summed E-state index contributed by atoms with van der Waals surface area (Å²) < 4.78 is 14.7. The second-order valence-electron chi connectivity index (χ2n) is 4.14. The van der Waals surface area contributed by atoms with Crippen molar-refractivity contribution in [1.29, 1.82) is 0 Å². The molecule has 130 valence electrons. The Hall–Kier alpha value is 2.16. The first-order valence-corrected chi connectivity index (χ1v) is 10.5. The molecule has 0 aromatic carbocycles. The van der Waals surface area contributed by atoms with E-state index in [0.717, 1.165) is 14.3 Å². The van der Waals surface area contributed by atoms with Crippen molar-refractivity contribution in [3.05, 3.63) is 14.3 Å². The zero-order chi connectivity index (χ0) is 17.1. The van der Waals surface area contributed by atoms with Crippen LogP contribution in [-0.2, 0) is 9.47 Å². The van der Waals surface area contributed by atoms with E-state index in [-0.39, 0.29) is 26.4 Å². The Bertz CT molecular complexity index is 352. The van der Waals surface area contributed by atoms with Crippen LogP contribution in [0, 0.1) is 0 Å². The van der Waals surface area contributed by atoms with Crippen molar-refractivity contribution >= 4 is 90.4 Å². The van der Waals surface area contributed by atoms with Crippen LogP contribution < -0.4 is 0 Å². The molecule has 0 aromatic heterocycles. The highest BCUT2D eigenvalue weighted by Gasteiger charge is 2.11. The van der Waals surface area contributed by atoms with Gasteiger partial charge in [0.2, 0.25) is 0 Å². The number of halogens is 4. The lowest BCUT2D eigenvalue weighted by Gasteiger charge is -2.11. The van der Waals surface area contributed by atoms with Crippen molar-refractivity contribution in [2.75, 3.05) is 39.6 Å². The predicted molar refractivity (Wildman–Crippen MR) is 118 cm³/mol. The number of allylic oxidation sites excluding steroid dienone is 2. The molecule has 0 saturated heterocycles. The maximum absolute atomic E-state index is 9.21. The Balaban J connectivity index is 4.47. The quantitative estimate of drug-likeness (QED) is 0.190. The van der Waals surface area contributed by atoms with Gasteiger partial charge in [0.05, 0.1) is 39.6 Å². The molecule has 0 amide bonds. The molecule has 6 nitrogen and oxygen atoms in total. The molecular weight excluding hydrogens is 748 g/mol. The third-order valence-corrected chi connectivity index (χ3v) is 9.35. The van der Waals surface area contributed by atoms with Gasteiger partial charge in [-0.1, -0.05) is 0 Å². The summed E-state index contributed by atoms with van der Waals surface area (Å²) >= 11 is 8.78. The van der Waals surface area contributed by atoms with Crippen LogP contribution in [0.3, 0.4) is 0 Å². The molecule has 10 heteroatoms. The Morgan fingerprint density at radius 2 is 1.05 bits per heavy atom. The van der Waals surface area contributed by atoms with Crippen molar-refractivity contribution in [3.63, 3.8) is 0 Å². The van der Waals surface area contributed by atoms with Gasteiger partial charge in [-0.25, -0.2) is 0 Å². The van der Waals surface area contributed by atoms with Crippen LogP contribution in [0.2, 0.25) is 0 Å². The monoisotopic (exact) mass is 766 g/mol. The summed E-state index contributed by atoms with van der Waals surface area (Å²) in [5.41, 5.74) is 0. The van der Waals surface area contributed by atoms with E-state index in [1.807, 2.05) is 0 Å². The van der Waals surface area contributed by atoms with Crippen LogP contribution in [0.5, 0.6) is 0 Å². The minimum absolute atomic E-state index is 0.0897. The number of hydrogen-bond donors (Lipinski definition) is 4. The molecule has 0 heterocycles. The number of hydrogen-bond acceptors (Lipinski definition) is 6. The van der Waals surface area contributed by atoms with Gasteiger partial charge in [-0.05, 0) is 90.4 Å². The van der Waals surface area contributed by atoms with Crippen LogP contribution in [0.1, 0.15) is 0 Å². The van der Waals surface area contributed by atoms with Crippen molar-refractivity contribution < 1.29 is 29.9 Å². The van der Waals surface area contributed by atoms with Gasteiger partial charge in [0.1, 0.15) is 12.2 Å². The first-order valence-electron chi connectivity index (χ1n) is 6.15. The molecule has 0 saturated carbocycles. The lowest BCUT2D eigenvalue weighted by Crippen LogP contribution is -2.20. The van der Waals surface area contributed by atoms with E-state index in [9.17, 15) is 10.2 Å². The second-order valence-corrected chi connectivity index (χ2v) is 8.90. The molecule has 0 rings (SSSR count). The van der Waals surface area contributed by atoms with Crippen molar-refractivity contribution in [3.8, 4) is 0 Å². The highest BCUT2D eigenvalue weighted by Crippen LogP contribution is 2.35. The maximum atomic E-state index is 9.21. The molecule has 2 atom stereocenters. The molecule has 0 fully saturated rings. The second kappa shape index (κ2) is 14.3. The summed E-state index contributed by atoms with van der Waals surface area (Å²) in [7, 11) is 0. The molecule has 0 radical (unpaired) electrons. The maximum Gasteiger partial charge on any atom is 0.100 e. The lowest BCUT2D eigenvalue weighted by molar-refractivity contribution is 0.0145. The highest BCUT2D eigenvalue weighted by atomic mass is 127. The molecule has 0 aromatic rings. The van der Waals surface area contributed by atoms with Crippen LogP contribution >= 0.6 is 90.4 Å². The molecule has 0 spiro atoms. The fourth-order valence-electron chi connectivity index (χ4n) is 1.04. The summed E-state index contributed by atoms with van der Waals surface area (Å²) in [4.78, 5) is 0. The van der Waals surface area contributed by atoms with Crippen LogP contribution in [0.25, 0.3) is 0 Å². The molecule has 2 unspecified atom stereocenters. The summed E-state index contributed by atoms with van der Waals surface area (Å²) in [6.45, 7) is 0.263. The smallest absolute Gasteiger partial charge is 0.100 e. The standard InChI is InChI=1S/C12H18I4O6/c13-9(5-21-3-7(19)1-17)11(15)12(16)10(14)6-22-4-8(20)2-18/h7-8,17-20H,1-6H2. The first-order chi connectivity index (χ1) is 10.3. The number of rotatable bonds is 11. The lowest BCUT2D eigenvalue weighted by atomic mass is 10.4. The fraction of sp³-hybridized carbons (Fsp3) is 0.667. The minimum Gasteiger partial charge on any atom is -0.394 e. The van der Waals surface area contributed by atoms with E-state index in [2.05, 4.69) is 90.4 Å². The van der Waals surface area contributed by atoms with Gasteiger partial charge in [-0.2, -0.15) is 0 Å². The van der Waals surface area contributed by atoms with E-state index in [1.165, 1.54) is 0 Å². The number of aliphatic hydroxyl groups is 4. The van der Waals surface area contributed by atoms with Gasteiger partial charge < -0.3 is 29.9 Å². The molecule has 0 aliphatic heterocycles. The summed E-state index contributed by atoms with van der Waals surface area (Å²) in [5, 5.41) is 35.8. The Labute approximate surface area is 184 Å². The summed E-state index contributed by atoms with van der Waals surface area (Å²) in [6, 6.07) is 0. The highest BCUT2D eigenvalue weighted by molar-refractivity contribution is 14.1. The topological polar surface area (TPSA) is 99.4 Å². The van der Waals surface area contributed by atoms with Gasteiger partial charge in [-0.3, -0.25) is 0 Å². The molecule has 0 aliphatic carbocycles. The van der Waals surface area contributed by atoms with Crippen LogP contribution in [-0.4, -0.2) is 72.3 Å². The van der Waals surface area contributed by atoms with Gasteiger partial charge in [0.15, 0.2) is 0 Å². The van der Waals surface area contributed by atoms with E-state index in [0.29, 0.717) is 13.2 Å². The van der Waals surface area contributed by atoms with Gasteiger partial charge in [0.25, 0.3) is 0 Å².